The molecule has 0 fully saturated rings. The Labute approximate surface area is 109 Å². The summed E-state index contributed by atoms with van der Waals surface area (Å²) in [5.74, 6) is 0.0915. The van der Waals surface area contributed by atoms with E-state index in [0.717, 1.165) is 10.9 Å². The van der Waals surface area contributed by atoms with E-state index < -0.39 is 5.82 Å². The summed E-state index contributed by atoms with van der Waals surface area (Å²) in [4.78, 5) is 4.31. The number of nitrogens with two attached hydrogens (primary N) is 1. The number of hydrogen-bond acceptors (Lipinski definition) is 3. The van der Waals surface area contributed by atoms with Crippen molar-refractivity contribution in [1.29, 1.82) is 0 Å². The number of benzene rings is 2. The van der Waals surface area contributed by atoms with Gasteiger partial charge in [-0.3, -0.25) is 0 Å². The molecule has 1 heterocycles. The average molecular weight is 254 g/mol. The summed E-state index contributed by atoms with van der Waals surface area (Å²) in [6.07, 6.45) is 0. The Morgan fingerprint density at radius 3 is 2.68 bits per heavy atom. The SMILES string of the molecule is Nc1ccc2nc(Oc3ccccc3F)ccc2c1. The monoisotopic (exact) mass is 254 g/mol. The molecular formula is C15H11FN2O. The first kappa shape index (κ1) is 11.5. The Morgan fingerprint density at radius 2 is 1.84 bits per heavy atom. The maximum atomic E-state index is 13.5. The van der Waals surface area contributed by atoms with Gasteiger partial charge < -0.3 is 10.5 Å². The maximum Gasteiger partial charge on any atom is 0.219 e. The molecule has 3 rings (SSSR count). The van der Waals surface area contributed by atoms with Crippen LogP contribution in [0.25, 0.3) is 10.9 Å². The van der Waals surface area contributed by atoms with E-state index in [2.05, 4.69) is 4.98 Å². The topological polar surface area (TPSA) is 48.1 Å². The number of nitrogen functional groups attached to an aromatic ring is 1. The van der Waals surface area contributed by atoms with Crippen LogP contribution in [-0.4, -0.2) is 4.98 Å². The molecule has 1 aromatic heterocycles. The van der Waals surface area contributed by atoms with Crippen LogP contribution in [0, 0.1) is 5.82 Å². The van der Waals surface area contributed by atoms with E-state index in [4.69, 9.17) is 10.5 Å². The number of nitrogens with zero attached hydrogens (tertiary/aromatic N) is 1. The average Bonchev–Trinajstić information content (AvgIpc) is 2.41. The first-order chi connectivity index (χ1) is 9.22. The van der Waals surface area contributed by atoms with E-state index in [1.807, 2.05) is 12.1 Å². The standard InChI is InChI=1S/C15H11FN2O/c16-12-3-1-2-4-14(12)19-15-8-5-10-9-11(17)6-7-13(10)18-15/h1-9H,17H2. The van der Waals surface area contributed by atoms with Gasteiger partial charge in [0.15, 0.2) is 11.6 Å². The fraction of sp³-hybridized carbons (Fsp3) is 0. The van der Waals surface area contributed by atoms with Gasteiger partial charge in [0.2, 0.25) is 5.88 Å². The van der Waals surface area contributed by atoms with E-state index in [9.17, 15) is 4.39 Å². The number of aromatic nitrogens is 1. The lowest BCUT2D eigenvalue weighted by molar-refractivity contribution is 0.429. The van der Waals surface area contributed by atoms with Gasteiger partial charge in [-0.05, 0) is 36.4 Å². The van der Waals surface area contributed by atoms with Crippen molar-refractivity contribution in [2.75, 3.05) is 5.73 Å². The van der Waals surface area contributed by atoms with Crippen LogP contribution in [0.3, 0.4) is 0 Å². The Balaban J connectivity index is 1.98. The van der Waals surface area contributed by atoms with Crippen LogP contribution in [0.1, 0.15) is 0 Å². The summed E-state index contributed by atoms with van der Waals surface area (Å²) in [5.41, 5.74) is 7.13. The summed E-state index contributed by atoms with van der Waals surface area (Å²) >= 11 is 0. The van der Waals surface area contributed by atoms with Crippen LogP contribution >= 0.6 is 0 Å². The third-order valence-corrected chi connectivity index (χ3v) is 2.74. The molecule has 0 radical (unpaired) electrons. The summed E-state index contributed by atoms with van der Waals surface area (Å²) in [5, 5.41) is 0.917. The minimum atomic E-state index is -0.415. The molecule has 0 aliphatic carbocycles. The maximum absolute atomic E-state index is 13.5. The zero-order valence-electron chi connectivity index (χ0n) is 10.0. The molecule has 0 atom stereocenters. The second-order valence-corrected chi connectivity index (χ2v) is 4.13. The number of ether oxygens (including phenoxy) is 1. The van der Waals surface area contributed by atoms with Crippen molar-refractivity contribution in [2.24, 2.45) is 0 Å². The van der Waals surface area contributed by atoms with Gasteiger partial charge in [-0.15, -0.1) is 0 Å². The van der Waals surface area contributed by atoms with Gasteiger partial charge >= 0.3 is 0 Å². The van der Waals surface area contributed by atoms with Crippen LogP contribution in [-0.2, 0) is 0 Å². The fourth-order valence-corrected chi connectivity index (χ4v) is 1.82. The molecule has 94 valence electrons. The molecule has 4 heteroatoms. The predicted octanol–water partition coefficient (Wildman–Crippen LogP) is 3.75. The zero-order chi connectivity index (χ0) is 13.2. The minimum absolute atomic E-state index is 0.157. The number of fused-ring (bicyclic) bond motifs is 1. The quantitative estimate of drug-likeness (QED) is 0.708. The molecule has 0 aliphatic heterocycles. The van der Waals surface area contributed by atoms with Crippen LogP contribution in [0.15, 0.2) is 54.6 Å². The van der Waals surface area contributed by atoms with Crippen molar-refractivity contribution in [2.45, 2.75) is 0 Å². The van der Waals surface area contributed by atoms with Gasteiger partial charge in [-0.1, -0.05) is 12.1 Å². The zero-order valence-corrected chi connectivity index (χ0v) is 10.0. The van der Waals surface area contributed by atoms with E-state index in [-0.39, 0.29) is 5.75 Å². The Morgan fingerprint density at radius 1 is 1.00 bits per heavy atom. The van der Waals surface area contributed by atoms with Gasteiger partial charge in [0.05, 0.1) is 5.52 Å². The third-order valence-electron chi connectivity index (χ3n) is 2.74. The minimum Gasteiger partial charge on any atom is -0.436 e. The van der Waals surface area contributed by atoms with E-state index in [1.54, 1.807) is 36.4 Å². The number of para-hydroxylation sites is 1. The molecule has 19 heavy (non-hydrogen) atoms. The van der Waals surface area contributed by atoms with E-state index in [1.165, 1.54) is 6.07 Å². The fourth-order valence-electron chi connectivity index (χ4n) is 1.82. The third kappa shape index (κ3) is 2.33. The molecule has 3 aromatic rings. The largest absolute Gasteiger partial charge is 0.436 e. The highest BCUT2D eigenvalue weighted by atomic mass is 19.1. The van der Waals surface area contributed by atoms with Crippen molar-refractivity contribution >= 4 is 16.6 Å². The van der Waals surface area contributed by atoms with Crippen molar-refractivity contribution in [1.82, 2.24) is 4.98 Å². The molecule has 0 saturated heterocycles. The molecule has 0 amide bonds. The summed E-state index contributed by atoms with van der Waals surface area (Å²) in [7, 11) is 0. The highest BCUT2D eigenvalue weighted by Gasteiger charge is 2.05. The second-order valence-electron chi connectivity index (χ2n) is 4.13. The van der Waals surface area contributed by atoms with E-state index in [0.29, 0.717) is 11.6 Å². The van der Waals surface area contributed by atoms with Crippen LogP contribution in [0.5, 0.6) is 11.6 Å². The number of rotatable bonds is 2. The number of hydrogen-bond donors (Lipinski definition) is 1. The molecule has 0 unspecified atom stereocenters. The van der Waals surface area contributed by atoms with Gasteiger partial charge in [0.1, 0.15) is 0 Å². The van der Waals surface area contributed by atoms with Gasteiger partial charge in [0, 0.05) is 17.1 Å². The molecule has 0 aliphatic rings. The van der Waals surface area contributed by atoms with Crippen LogP contribution in [0.2, 0.25) is 0 Å². The van der Waals surface area contributed by atoms with E-state index >= 15 is 0 Å². The Bertz CT molecular complexity index is 743. The molecule has 0 spiro atoms. The van der Waals surface area contributed by atoms with Crippen molar-refractivity contribution in [3.63, 3.8) is 0 Å². The lowest BCUT2D eigenvalue weighted by atomic mass is 10.2. The summed E-state index contributed by atoms with van der Waals surface area (Å²) in [6, 6.07) is 15.2. The Kier molecular flexibility index (Phi) is 2.76. The molecule has 0 saturated carbocycles. The lowest BCUT2D eigenvalue weighted by Gasteiger charge is -2.06. The summed E-state index contributed by atoms with van der Waals surface area (Å²) in [6.45, 7) is 0. The van der Waals surface area contributed by atoms with Crippen molar-refractivity contribution < 1.29 is 9.13 Å². The van der Waals surface area contributed by atoms with Crippen LogP contribution in [0.4, 0.5) is 10.1 Å². The van der Waals surface area contributed by atoms with Crippen LogP contribution < -0.4 is 10.5 Å². The summed E-state index contributed by atoms with van der Waals surface area (Å²) < 4.78 is 18.9. The molecule has 3 nitrogen and oxygen atoms in total. The highest BCUT2D eigenvalue weighted by Crippen LogP contribution is 2.25. The lowest BCUT2D eigenvalue weighted by Crippen LogP contribution is -1.91. The second kappa shape index (κ2) is 4.57. The Hall–Kier alpha value is -2.62. The van der Waals surface area contributed by atoms with Gasteiger partial charge in [0.25, 0.3) is 0 Å². The first-order valence-electron chi connectivity index (χ1n) is 5.81. The number of halogens is 1. The number of pyridine rings is 1. The normalized spacial score (nSPS) is 10.6. The first-order valence-corrected chi connectivity index (χ1v) is 5.81. The number of anilines is 1. The van der Waals surface area contributed by atoms with Gasteiger partial charge in [-0.25, -0.2) is 9.37 Å². The molecular weight excluding hydrogens is 243 g/mol. The molecule has 0 bridgehead atoms. The molecule has 2 N–H and O–H groups in total. The molecule has 2 aromatic carbocycles. The predicted molar refractivity (Wildman–Crippen MR) is 72.6 cm³/mol. The van der Waals surface area contributed by atoms with Crippen molar-refractivity contribution in [3.05, 3.63) is 60.4 Å². The van der Waals surface area contributed by atoms with Crippen molar-refractivity contribution in [3.8, 4) is 11.6 Å². The smallest absolute Gasteiger partial charge is 0.219 e. The highest BCUT2D eigenvalue weighted by molar-refractivity contribution is 5.82. The van der Waals surface area contributed by atoms with Gasteiger partial charge in [-0.2, -0.15) is 0 Å².